The summed E-state index contributed by atoms with van der Waals surface area (Å²) in [6.07, 6.45) is 7.13. The summed E-state index contributed by atoms with van der Waals surface area (Å²) in [5.41, 5.74) is 0.553. The summed E-state index contributed by atoms with van der Waals surface area (Å²) in [6, 6.07) is 0. The van der Waals surface area contributed by atoms with Gasteiger partial charge in [-0.25, -0.2) is 15.0 Å². The third-order valence-electron chi connectivity index (χ3n) is 3.46. The first kappa shape index (κ1) is 14.1. The quantitative estimate of drug-likeness (QED) is 0.773. The van der Waals surface area contributed by atoms with E-state index >= 15 is 0 Å². The minimum Gasteiger partial charge on any atom is -0.472 e. The highest BCUT2D eigenvalue weighted by molar-refractivity contribution is 6.31. The van der Waals surface area contributed by atoms with Crippen LogP contribution in [0.25, 0.3) is 0 Å². The Bertz CT molecular complexity index is 537. The van der Waals surface area contributed by atoms with E-state index in [1.807, 2.05) is 0 Å². The Morgan fingerprint density at radius 2 is 2.00 bits per heavy atom. The fourth-order valence-corrected chi connectivity index (χ4v) is 2.34. The van der Waals surface area contributed by atoms with Crippen molar-refractivity contribution in [2.24, 2.45) is 4.99 Å². The molecular formula is C14H18BN5O. The third kappa shape index (κ3) is 3.82. The smallest absolute Gasteiger partial charge is 0.190 e. The fraction of sp³-hybridized carbons (Fsp3) is 0.500. The van der Waals surface area contributed by atoms with E-state index < -0.39 is 0 Å². The normalized spacial score (nSPS) is 19.0. The molecule has 2 aliphatic rings. The molecule has 1 N–H and O–H groups in total. The molecule has 0 unspecified atom stereocenters. The van der Waals surface area contributed by atoms with Crippen LogP contribution in [0.15, 0.2) is 29.3 Å². The summed E-state index contributed by atoms with van der Waals surface area (Å²) < 4.78 is 5.73. The Labute approximate surface area is 125 Å². The van der Waals surface area contributed by atoms with Gasteiger partial charge in [0.1, 0.15) is 20.3 Å². The second-order valence-electron chi connectivity index (χ2n) is 5.06. The minimum absolute atomic E-state index is 0.327. The molecule has 0 atom stereocenters. The molecule has 3 rings (SSSR count). The molecule has 1 saturated heterocycles. The highest BCUT2D eigenvalue weighted by Crippen LogP contribution is 2.16. The largest absolute Gasteiger partial charge is 0.472 e. The standard InChI is InChI=1S/C14H18BN5O/c15-11-8-17-12(18-9-11)10-21-14-3-1-2-13(19-14)20-6-4-16-5-7-20/h2,8-9,16H,1,3-7,10H2. The first-order valence-corrected chi connectivity index (χ1v) is 7.24. The number of rotatable bonds is 3. The number of nitrogens with zero attached hydrogens (tertiary/aromatic N) is 4. The number of hydrogen-bond donors (Lipinski definition) is 1. The first-order chi connectivity index (χ1) is 10.3. The van der Waals surface area contributed by atoms with Crippen LogP contribution in [0.2, 0.25) is 0 Å². The van der Waals surface area contributed by atoms with Crippen molar-refractivity contribution in [1.82, 2.24) is 20.2 Å². The molecule has 0 amide bonds. The van der Waals surface area contributed by atoms with Gasteiger partial charge in [0, 0.05) is 45.0 Å². The first-order valence-electron chi connectivity index (χ1n) is 7.24. The van der Waals surface area contributed by atoms with E-state index in [4.69, 9.17) is 12.6 Å². The van der Waals surface area contributed by atoms with Gasteiger partial charge in [-0.1, -0.05) is 5.46 Å². The van der Waals surface area contributed by atoms with Crippen molar-refractivity contribution in [1.29, 1.82) is 0 Å². The van der Waals surface area contributed by atoms with Crippen molar-refractivity contribution in [3.05, 3.63) is 30.1 Å². The van der Waals surface area contributed by atoms with Gasteiger partial charge in [0.05, 0.1) is 0 Å². The van der Waals surface area contributed by atoms with E-state index in [1.54, 1.807) is 12.4 Å². The maximum Gasteiger partial charge on any atom is 0.190 e. The molecule has 6 nitrogen and oxygen atoms in total. The van der Waals surface area contributed by atoms with Gasteiger partial charge < -0.3 is 15.0 Å². The van der Waals surface area contributed by atoms with Gasteiger partial charge in [-0.2, -0.15) is 0 Å². The average Bonchev–Trinajstić information content (AvgIpc) is 2.55. The van der Waals surface area contributed by atoms with Crippen molar-refractivity contribution >= 4 is 19.2 Å². The van der Waals surface area contributed by atoms with Gasteiger partial charge in [-0.3, -0.25) is 0 Å². The minimum atomic E-state index is 0.327. The Kier molecular flexibility index (Phi) is 4.50. The predicted octanol–water partition coefficient (Wildman–Crippen LogP) is -0.274. The van der Waals surface area contributed by atoms with Crippen LogP contribution in [0.4, 0.5) is 0 Å². The van der Waals surface area contributed by atoms with E-state index in [1.165, 1.54) is 0 Å². The molecule has 2 aliphatic heterocycles. The molecule has 0 aromatic carbocycles. The molecule has 0 aliphatic carbocycles. The molecular weight excluding hydrogens is 265 g/mol. The Morgan fingerprint density at radius 1 is 1.24 bits per heavy atom. The molecule has 0 saturated carbocycles. The van der Waals surface area contributed by atoms with Gasteiger partial charge >= 0.3 is 0 Å². The Morgan fingerprint density at radius 3 is 2.76 bits per heavy atom. The maximum atomic E-state index is 5.73. The zero-order valence-corrected chi connectivity index (χ0v) is 12.0. The number of aromatic nitrogens is 2. The van der Waals surface area contributed by atoms with Crippen molar-refractivity contribution in [2.45, 2.75) is 19.4 Å². The molecule has 1 fully saturated rings. The lowest BCUT2D eigenvalue weighted by Gasteiger charge is -2.30. The van der Waals surface area contributed by atoms with Crippen LogP contribution in [0.5, 0.6) is 0 Å². The topological polar surface area (TPSA) is 62.6 Å². The van der Waals surface area contributed by atoms with E-state index in [0.29, 0.717) is 17.9 Å². The summed E-state index contributed by atoms with van der Waals surface area (Å²) in [5, 5.41) is 3.34. The van der Waals surface area contributed by atoms with Crippen molar-refractivity contribution in [2.75, 3.05) is 26.2 Å². The highest BCUT2D eigenvalue weighted by atomic mass is 16.5. The number of ether oxygens (including phenoxy) is 1. The molecule has 21 heavy (non-hydrogen) atoms. The van der Waals surface area contributed by atoms with Gasteiger partial charge in [0.15, 0.2) is 11.7 Å². The van der Waals surface area contributed by atoms with Crippen molar-refractivity contribution in [3.8, 4) is 0 Å². The summed E-state index contributed by atoms with van der Waals surface area (Å²) in [6.45, 7) is 4.31. The molecule has 0 spiro atoms. The van der Waals surface area contributed by atoms with E-state index in [2.05, 4.69) is 31.3 Å². The van der Waals surface area contributed by atoms with Crippen LogP contribution in [0.1, 0.15) is 18.7 Å². The zero-order chi connectivity index (χ0) is 14.5. The zero-order valence-electron chi connectivity index (χ0n) is 12.0. The van der Waals surface area contributed by atoms with Crippen LogP contribution in [0, 0.1) is 0 Å². The van der Waals surface area contributed by atoms with E-state index in [-0.39, 0.29) is 0 Å². The van der Waals surface area contributed by atoms with Crippen molar-refractivity contribution < 1.29 is 4.74 Å². The molecule has 1 aromatic heterocycles. The molecule has 7 heteroatoms. The maximum absolute atomic E-state index is 5.73. The molecule has 108 valence electrons. The summed E-state index contributed by atoms with van der Waals surface area (Å²) in [4.78, 5) is 15.1. The lowest BCUT2D eigenvalue weighted by Crippen LogP contribution is -2.43. The third-order valence-corrected chi connectivity index (χ3v) is 3.46. The highest BCUT2D eigenvalue weighted by Gasteiger charge is 2.16. The number of piperazine rings is 1. The lowest BCUT2D eigenvalue weighted by atomic mass is 10.0. The second-order valence-corrected chi connectivity index (χ2v) is 5.06. The molecule has 2 radical (unpaired) electrons. The summed E-state index contributed by atoms with van der Waals surface area (Å²) in [5.74, 6) is 2.40. The van der Waals surface area contributed by atoms with Gasteiger partial charge in [0.2, 0.25) is 0 Å². The summed E-state index contributed by atoms with van der Waals surface area (Å²) in [7, 11) is 5.56. The Hall–Kier alpha value is -1.89. The van der Waals surface area contributed by atoms with Gasteiger partial charge in [0.25, 0.3) is 0 Å². The fourth-order valence-electron chi connectivity index (χ4n) is 2.34. The van der Waals surface area contributed by atoms with Crippen LogP contribution < -0.4 is 10.8 Å². The van der Waals surface area contributed by atoms with Crippen LogP contribution in [0.3, 0.4) is 0 Å². The van der Waals surface area contributed by atoms with E-state index in [9.17, 15) is 0 Å². The molecule has 3 heterocycles. The number of hydrogen-bond acceptors (Lipinski definition) is 6. The molecule has 1 aromatic rings. The van der Waals surface area contributed by atoms with E-state index in [0.717, 1.165) is 50.7 Å². The number of allylic oxidation sites excluding steroid dienone is 1. The van der Waals surface area contributed by atoms with Crippen LogP contribution in [-0.4, -0.2) is 54.8 Å². The monoisotopic (exact) mass is 283 g/mol. The van der Waals surface area contributed by atoms with Crippen molar-refractivity contribution in [3.63, 3.8) is 0 Å². The SMILES string of the molecule is [B]c1cnc(COC2=NC(N3CCNCC3)=CCC2)nc1. The van der Waals surface area contributed by atoms with Gasteiger partial charge in [-0.15, -0.1) is 0 Å². The molecule has 0 bridgehead atoms. The van der Waals surface area contributed by atoms with Crippen LogP contribution >= 0.6 is 0 Å². The summed E-state index contributed by atoms with van der Waals surface area (Å²) >= 11 is 0. The number of nitrogens with one attached hydrogen (secondary N) is 1. The Balaban J connectivity index is 1.58. The lowest BCUT2D eigenvalue weighted by molar-refractivity contribution is 0.261. The average molecular weight is 283 g/mol. The van der Waals surface area contributed by atoms with Crippen LogP contribution in [-0.2, 0) is 11.3 Å². The van der Waals surface area contributed by atoms with Gasteiger partial charge in [-0.05, 0) is 12.5 Å². The second kappa shape index (κ2) is 6.71. The number of aliphatic imine (C=N–C) groups is 1. The predicted molar refractivity (Wildman–Crippen MR) is 81.4 cm³/mol.